The highest BCUT2D eigenvalue weighted by Gasteiger charge is 2.51. The highest BCUT2D eigenvalue weighted by Crippen LogP contribution is 2.40. The minimum absolute atomic E-state index is 0.0338. The van der Waals surface area contributed by atoms with Crippen molar-refractivity contribution in [1.82, 2.24) is 30.7 Å². The first kappa shape index (κ1) is 26.7. The topological polar surface area (TPSA) is 69.7 Å². The van der Waals surface area contributed by atoms with Crippen LogP contribution < -0.4 is 16.0 Å². The number of alkyl halides is 2. The molecule has 5 rings (SSSR count). The normalized spacial score (nSPS) is 46.3. The van der Waals surface area contributed by atoms with E-state index in [0.29, 0.717) is 42.7 Å². The van der Waals surface area contributed by atoms with Crippen LogP contribution in [0.4, 0.5) is 4.39 Å². The first-order chi connectivity index (χ1) is 17.1. The number of guanidine groups is 1. The lowest BCUT2D eigenvalue weighted by Crippen LogP contribution is -2.71. The predicted molar refractivity (Wildman–Crippen MR) is 144 cm³/mol. The average Bonchev–Trinajstić information content (AvgIpc) is 3.30. The van der Waals surface area contributed by atoms with Gasteiger partial charge in [0.2, 0.25) is 0 Å². The standard InChI is InChI=1S/C27H47ClFN7/c1-15(2)20-11-10-19(29)12-21(20)24-31-16(3)23-26(33-24)36(27(30)35(23)5)13-17-6-8-18(9-7-17)25-32-22(28)14-34(25)4/h16-26,30-33H,1,6-14H2,2-5H3. The van der Waals surface area contributed by atoms with Crippen LogP contribution in [0.3, 0.4) is 0 Å². The largest absolute Gasteiger partial charge is 0.338 e. The minimum atomic E-state index is -0.736. The molecule has 9 atom stereocenters. The summed E-state index contributed by atoms with van der Waals surface area (Å²) in [6.07, 6.45) is 6.65. The van der Waals surface area contributed by atoms with Crippen LogP contribution in [0.5, 0.6) is 0 Å². The van der Waals surface area contributed by atoms with E-state index in [2.05, 4.69) is 65.2 Å². The summed E-state index contributed by atoms with van der Waals surface area (Å²) >= 11 is 6.35. The molecule has 7 nitrogen and oxygen atoms in total. The molecule has 0 aromatic heterocycles. The fraction of sp³-hybridized carbons (Fsp3) is 0.889. The molecule has 3 saturated heterocycles. The maximum Gasteiger partial charge on any atom is 0.195 e. The lowest BCUT2D eigenvalue weighted by molar-refractivity contribution is 0.0433. The Morgan fingerprint density at radius 3 is 2.44 bits per heavy atom. The van der Waals surface area contributed by atoms with E-state index in [4.69, 9.17) is 17.0 Å². The third-order valence-corrected chi connectivity index (χ3v) is 10.2. The van der Waals surface area contributed by atoms with Crippen LogP contribution in [-0.2, 0) is 0 Å². The van der Waals surface area contributed by atoms with Crippen LogP contribution in [0.25, 0.3) is 0 Å². The number of halogens is 2. The molecule has 0 aromatic carbocycles. The van der Waals surface area contributed by atoms with Crippen LogP contribution in [0, 0.1) is 29.1 Å². The van der Waals surface area contributed by atoms with Gasteiger partial charge in [0.1, 0.15) is 12.3 Å². The molecule has 5 aliphatic rings. The lowest BCUT2D eigenvalue weighted by Gasteiger charge is -2.48. The number of rotatable bonds is 5. The quantitative estimate of drug-likeness (QED) is 0.252. The van der Waals surface area contributed by atoms with Crippen molar-refractivity contribution in [1.29, 1.82) is 5.41 Å². The molecule has 0 aromatic rings. The molecule has 0 spiro atoms. The van der Waals surface area contributed by atoms with E-state index < -0.39 is 6.17 Å². The van der Waals surface area contributed by atoms with Crippen LogP contribution in [0.15, 0.2) is 12.2 Å². The fourth-order valence-corrected chi connectivity index (χ4v) is 8.40. The number of hydrogen-bond acceptors (Lipinski definition) is 5. The number of nitrogens with zero attached hydrogens (tertiary/aromatic N) is 3. The molecular weight excluding hydrogens is 477 g/mol. The van der Waals surface area contributed by atoms with Gasteiger partial charge in [0.15, 0.2) is 5.96 Å². The van der Waals surface area contributed by atoms with Gasteiger partial charge in [-0.25, -0.2) is 4.39 Å². The highest BCUT2D eigenvalue weighted by atomic mass is 35.5. The first-order valence-corrected chi connectivity index (χ1v) is 14.6. The molecule has 36 heavy (non-hydrogen) atoms. The van der Waals surface area contributed by atoms with E-state index in [-0.39, 0.29) is 35.8 Å². The summed E-state index contributed by atoms with van der Waals surface area (Å²) in [5.41, 5.74) is 1.22. The molecule has 4 N–H and O–H groups in total. The molecule has 2 saturated carbocycles. The molecule has 9 heteroatoms. The van der Waals surface area contributed by atoms with Gasteiger partial charge in [-0.15, -0.1) is 11.6 Å². The van der Waals surface area contributed by atoms with E-state index in [9.17, 15) is 4.39 Å². The zero-order chi connectivity index (χ0) is 25.7. The Labute approximate surface area is 222 Å². The Bertz CT molecular complexity index is 820. The van der Waals surface area contributed by atoms with Gasteiger partial charge >= 0.3 is 0 Å². The Morgan fingerprint density at radius 2 is 1.81 bits per heavy atom. The van der Waals surface area contributed by atoms with Gasteiger partial charge in [0.25, 0.3) is 0 Å². The van der Waals surface area contributed by atoms with Crippen LogP contribution in [-0.4, -0.2) is 90.1 Å². The molecule has 5 fully saturated rings. The maximum atomic E-state index is 14.5. The monoisotopic (exact) mass is 523 g/mol. The molecule has 0 radical (unpaired) electrons. The lowest BCUT2D eigenvalue weighted by atomic mass is 9.73. The zero-order valence-electron chi connectivity index (χ0n) is 22.5. The van der Waals surface area contributed by atoms with Crippen molar-refractivity contribution in [2.45, 2.75) is 101 Å². The molecule has 0 amide bonds. The summed E-state index contributed by atoms with van der Waals surface area (Å²) in [5, 5.41) is 20.2. The molecule has 204 valence electrons. The first-order valence-electron chi connectivity index (χ1n) is 14.1. The van der Waals surface area contributed by atoms with Crippen molar-refractivity contribution in [3.63, 3.8) is 0 Å². The van der Waals surface area contributed by atoms with E-state index >= 15 is 0 Å². The molecule has 0 bridgehead atoms. The van der Waals surface area contributed by atoms with Gasteiger partial charge in [0.05, 0.1) is 23.9 Å². The van der Waals surface area contributed by atoms with E-state index in [1.807, 2.05) is 0 Å². The Kier molecular flexibility index (Phi) is 7.91. The smallest absolute Gasteiger partial charge is 0.195 e. The van der Waals surface area contributed by atoms with Crippen LogP contribution >= 0.6 is 11.6 Å². The maximum absolute atomic E-state index is 14.5. The molecule has 9 unspecified atom stereocenters. The Morgan fingerprint density at radius 1 is 1.08 bits per heavy atom. The second kappa shape index (κ2) is 10.7. The summed E-state index contributed by atoms with van der Waals surface area (Å²) in [6.45, 7) is 10.4. The summed E-state index contributed by atoms with van der Waals surface area (Å²) in [5.74, 6) is 2.37. The van der Waals surface area contributed by atoms with Gasteiger partial charge in [0, 0.05) is 26.2 Å². The van der Waals surface area contributed by atoms with Crippen molar-refractivity contribution < 1.29 is 4.39 Å². The predicted octanol–water partition coefficient (Wildman–Crippen LogP) is 3.33. The average molecular weight is 524 g/mol. The van der Waals surface area contributed by atoms with Crippen LogP contribution in [0.1, 0.15) is 58.8 Å². The SMILES string of the molecule is C=C(C)C1CCC(F)CC1C1NC(C)C2C(N1)N(CC1CCC(C3NC(Cl)CN3C)CC1)C(=N)N2C. The highest BCUT2D eigenvalue weighted by molar-refractivity contribution is 6.20. The van der Waals surface area contributed by atoms with Crippen molar-refractivity contribution in [2.75, 3.05) is 27.2 Å². The van der Waals surface area contributed by atoms with Gasteiger partial charge < -0.3 is 9.80 Å². The van der Waals surface area contributed by atoms with E-state index in [0.717, 1.165) is 25.1 Å². The van der Waals surface area contributed by atoms with Crippen LogP contribution in [0.2, 0.25) is 0 Å². The van der Waals surface area contributed by atoms with Gasteiger partial charge in [-0.3, -0.25) is 26.3 Å². The van der Waals surface area contributed by atoms with Crippen molar-refractivity contribution in [3.05, 3.63) is 12.2 Å². The number of nitrogens with one attached hydrogen (secondary N) is 4. The van der Waals surface area contributed by atoms with Crippen molar-refractivity contribution >= 4 is 17.6 Å². The Balaban J connectivity index is 1.25. The van der Waals surface area contributed by atoms with Crippen molar-refractivity contribution in [3.8, 4) is 0 Å². The second-order valence-electron chi connectivity index (χ2n) is 12.4. The number of hydrogen-bond donors (Lipinski definition) is 4. The fourth-order valence-electron chi connectivity index (χ4n) is 8.05. The minimum Gasteiger partial charge on any atom is -0.338 e. The third kappa shape index (κ3) is 5.05. The summed E-state index contributed by atoms with van der Waals surface area (Å²) < 4.78 is 14.5. The van der Waals surface area contributed by atoms with E-state index in [1.165, 1.54) is 25.7 Å². The second-order valence-corrected chi connectivity index (χ2v) is 13.0. The molecule has 3 heterocycles. The third-order valence-electron chi connectivity index (χ3n) is 9.98. The van der Waals surface area contributed by atoms with Gasteiger partial charge in [-0.05, 0) is 89.5 Å². The van der Waals surface area contributed by atoms with Crippen molar-refractivity contribution in [2.24, 2.45) is 23.7 Å². The zero-order valence-corrected chi connectivity index (χ0v) is 23.3. The number of fused-ring (bicyclic) bond motifs is 1. The molecule has 3 aliphatic heterocycles. The number of allylic oxidation sites excluding steroid dienone is 1. The summed E-state index contributed by atoms with van der Waals surface area (Å²) in [4.78, 5) is 6.80. The summed E-state index contributed by atoms with van der Waals surface area (Å²) in [6, 6.07) is 0.403. The Hall–Kier alpha value is -0.930. The van der Waals surface area contributed by atoms with E-state index in [1.54, 1.807) is 0 Å². The molecular formula is C27H47ClFN7. The van der Waals surface area contributed by atoms with Gasteiger partial charge in [-0.1, -0.05) is 12.2 Å². The number of likely N-dealkylation sites (N-methyl/N-ethyl adjacent to an activating group) is 2. The molecule has 2 aliphatic carbocycles. The summed E-state index contributed by atoms with van der Waals surface area (Å²) in [7, 11) is 4.22. The van der Waals surface area contributed by atoms with Gasteiger partial charge in [-0.2, -0.15) is 0 Å².